The molecule has 0 bridgehead atoms. The van der Waals surface area contributed by atoms with E-state index in [4.69, 9.17) is 0 Å². The topological polar surface area (TPSA) is 0 Å². The maximum atomic E-state index is 9.75. The molecule has 0 nitrogen and oxygen atoms in total. The van der Waals surface area contributed by atoms with Crippen molar-refractivity contribution in [2.24, 2.45) is 0 Å². The maximum Gasteiger partial charge on any atom is 0.673 e. The second-order valence-electron chi connectivity index (χ2n) is 0.495. The molecule has 0 aliphatic heterocycles. The van der Waals surface area contributed by atoms with E-state index in [-0.39, 0.29) is 17.1 Å². The van der Waals surface area contributed by atoms with E-state index in [0.717, 1.165) is 0 Å². The number of hydrogen-bond acceptors (Lipinski definition) is 0. The average Bonchev–Trinajstić information content (AvgIpc) is 0.722. The zero-order valence-electron chi connectivity index (χ0n) is 2.44. The summed E-state index contributed by atoms with van der Waals surface area (Å²) in [6, 6.07) is 0. The van der Waals surface area contributed by atoms with Gasteiger partial charge in [-0.2, -0.15) is 0 Å². The molecule has 0 aromatic carbocycles. The van der Waals surface area contributed by atoms with Gasteiger partial charge in [0.1, 0.15) is 0 Å². The molecule has 0 saturated carbocycles. The summed E-state index contributed by atoms with van der Waals surface area (Å²) in [7, 11) is -6.00. The second-order valence-corrected chi connectivity index (χ2v) is 0.495. The third-order valence-electron chi connectivity index (χ3n) is 0. The SMILES string of the molecule is F[B-](F)(F)F.[Fe]. The molecule has 0 aliphatic rings. The van der Waals surface area contributed by atoms with Gasteiger partial charge in [0.15, 0.2) is 0 Å². The Hall–Kier alpha value is 0.304. The monoisotopic (exact) mass is 143 g/mol. The normalized spacial score (nSPS) is 10.0. The van der Waals surface area contributed by atoms with Crippen LogP contribution in [-0.4, -0.2) is 7.25 Å². The molecule has 6 heavy (non-hydrogen) atoms. The molecule has 0 aromatic heterocycles. The first-order valence-corrected chi connectivity index (χ1v) is 0.873. The molecule has 0 aromatic rings. The minimum Gasteiger partial charge on any atom is -0.418 e. The van der Waals surface area contributed by atoms with Crippen LogP contribution in [0.3, 0.4) is 0 Å². The summed E-state index contributed by atoms with van der Waals surface area (Å²) in [5, 5.41) is 0. The van der Waals surface area contributed by atoms with Crippen LogP contribution in [0.2, 0.25) is 0 Å². The Morgan fingerprint density at radius 1 is 0.833 bits per heavy atom. The van der Waals surface area contributed by atoms with Crippen LogP contribution >= 0.6 is 0 Å². The van der Waals surface area contributed by atoms with Gasteiger partial charge in [0.05, 0.1) is 0 Å². The molecule has 6 heteroatoms. The molecule has 0 unspecified atom stereocenters. The Morgan fingerprint density at radius 2 is 0.833 bits per heavy atom. The average molecular weight is 143 g/mol. The van der Waals surface area contributed by atoms with Crippen molar-refractivity contribution in [2.45, 2.75) is 0 Å². The second kappa shape index (κ2) is 2.47. The molecule has 0 saturated heterocycles. The molecule has 0 radical (unpaired) electrons. The van der Waals surface area contributed by atoms with E-state index in [1.807, 2.05) is 0 Å². The van der Waals surface area contributed by atoms with Gasteiger partial charge in [-0.25, -0.2) is 0 Å². The molecule has 0 rings (SSSR count). The van der Waals surface area contributed by atoms with Gasteiger partial charge in [0.2, 0.25) is 0 Å². The van der Waals surface area contributed by atoms with E-state index in [9.17, 15) is 17.3 Å². The molecule has 0 aliphatic carbocycles. The minimum atomic E-state index is -6.00. The Morgan fingerprint density at radius 3 is 0.833 bits per heavy atom. The fourth-order valence-electron chi connectivity index (χ4n) is 0. The van der Waals surface area contributed by atoms with Gasteiger partial charge >= 0.3 is 7.25 Å². The number of halogens is 4. The predicted molar refractivity (Wildman–Crippen MR) is 10.2 cm³/mol. The van der Waals surface area contributed by atoms with Crippen molar-refractivity contribution in [3.8, 4) is 0 Å². The van der Waals surface area contributed by atoms with E-state index in [1.165, 1.54) is 0 Å². The van der Waals surface area contributed by atoms with Gasteiger partial charge in [-0.1, -0.05) is 0 Å². The molecule has 40 valence electrons. The van der Waals surface area contributed by atoms with Gasteiger partial charge in [0.25, 0.3) is 0 Å². The molecule has 0 N–H and O–H groups in total. The minimum absolute atomic E-state index is 0. The zero-order valence-corrected chi connectivity index (χ0v) is 3.55. The van der Waals surface area contributed by atoms with E-state index in [1.54, 1.807) is 0 Å². The summed E-state index contributed by atoms with van der Waals surface area (Å²) in [6.07, 6.45) is 0. The Bertz CT molecular complexity index is 23.0. The number of hydrogen-bond donors (Lipinski definition) is 0. The summed E-state index contributed by atoms with van der Waals surface area (Å²) < 4.78 is 39.0. The Balaban J connectivity index is 0. The van der Waals surface area contributed by atoms with Gasteiger partial charge in [0, 0.05) is 17.1 Å². The summed E-state index contributed by atoms with van der Waals surface area (Å²) in [4.78, 5) is 0. The van der Waals surface area contributed by atoms with Crippen LogP contribution in [0.5, 0.6) is 0 Å². The first kappa shape index (κ1) is 9.57. The fourth-order valence-corrected chi connectivity index (χ4v) is 0. The molecular weight excluding hydrogens is 143 g/mol. The first-order chi connectivity index (χ1) is 2.00. The molecule has 0 spiro atoms. The molecular formula is BF4Fe-. The molecule has 0 atom stereocenters. The van der Waals surface area contributed by atoms with Gasteiger partial charge in [-0.15, -0.1) is 0 Å². The van der Waals surface area contributed by atoms with E-state index < -0.39 is 7.25 Å². The Labute approximate surface area is 42.5 Å². The smallest absolute Gasteiger partial charge is 0.418 e. The van der Waals surface area contributed by atoms with Gasteiger partial charge < -0.3 is 17.3 Å². The number of rotatable bonds is 0. The third-order valence-corrected chi connectivity index (χ3v) is 0. The van der Waals surface area contributed by atoms with Crippen molar-refractivity contribution in [3.63, 3.8) is 0 Å². The van der Waals surface area contributed by atoms with Crippen molar-refractivity contribution in [3.05, 3.63) is 0 Å². The van der Waals surface area contributed by atoms with Crippen molar-refractivity contribution in [1.82, 2.24) is 0 Å². The zero-order chi connectivity index (χ0) is 4.50. The van der Waals surface area contributed by atoms with Crippen molar-refractivity contribution < 1.29 is 34.3 Å². The third kappa shape index (κ3) is 507. The molecule has 0 amide bonds. The first-order valence-electron chi connectivity index (χ1n) is 0.873. The van der Waals surface area contributed by atoms with Crippen LogP contribution in [0.1, 0.15) is 0 Å². The summed E-state index contributed by atoms with van der Waals surface area (Å²) >= 11 is 0. The quantitative estimate of drug-likeness (QED) is 0.353. The van der Waals surface area contributed by atoms with Crippen molar-refractivity contribution in [1.29, 1.82) is 0 Å². The Kier molecular flexibility index (Phi) is 3.95. The molecule has 0 heterocycles. The van der Waals surface area contributed by atoms with E-state index in [2.05, 4.69) is 0 Å². The van der Waals surface area contributed by atoms with Gasteiger partial charge in [-0.05, 0) is 0 Å². The van der Waals surface area contributed by atoms with Gasteiger partial charge in [-0.3, -0.25) is 0 Å². The standard InChI is InChI=1S/BF4.Fe/c2-1(3,4)5;/q-1;. The van der Waals surface area contributed by atoms with Crippen LogP contribution in [0, 0.1) is 0 Å². The van der Waals surface area contributed by atoms with Crippen LogP contribution in [0.25, 0.3) is 0 Å². The maximum absolute atomic E-state index is 9.75. The van der Waals surface area contributed by atoms with Crippen LogP contribution < -0.4 is 0 Å². The largest absolute Gasteiger partial charge is 0.673 e. The summed E-state index contributed by atoms with van der Waals surface area (Å²) in [5.41, 5.74) is 0. The van der Waals surface area contributed by atoms with Crippen LogP contribution in [0.4, 0.5) is 17.3 Å². The van der Waals surface area contributed by atoms with Crippen LogP contribution in [-0.2, 0) is 17.1 Å². The summed E-state index contributed by atoms with van der Waals surface area (Å²) in [5.74, 6) is 0. The van der Waals surface area contributed by atoms with Crippen molar-refractivity contribution in [2.75, 3.05) is 0 Å². The summed E-state index contributed by atoms with van der Waals surface area (Å²) in [6.45, 7) is 0. The van der Waals surface area contributed by atoms with Crippen LogP contribution in [0.15, 0.2) is 0 Å². The predicted octanol–water partition coefficient (Wildman–Crippen LogP) is 1.30. The fraction of sp³-hybridized carbons (Fsp3) is 0. The molecule has 0 fully saturated rings. The van der Waals surface area contributed by atoms with E-state index >= 15 is 0 Å². The van der Waals surface area contributed by atoms with E-state index in [0.29, 0.717) is 0 Å². The van der Waals surface area contributed by atoms with Crippen molar-refractivity contribution >= 4 is 7.25 Å².